The molecule has 0 saturated heterocycles. The molecule has 0 aliphatic carbocycles. The first-order valence-electron chi connectivity index (χ1n) is 0.885. The first-order valence-corrected chi connectivity index (χ1v) is 2.08. The Hall–Kier alpha value is 1.10. The summed E-state index contributed by atoms with van der Waals surface area (Å²) in [6.07, 6.45) is 0. The molecule has 0 aromatic carbocycles. The third-order valence-electron chi connectivity index (χ3n) is 0.0825. The maximum absolute atomic E-state index is 4.96. The average molecular weight is 190 g/mol. The second kappa shape index (κ2) is 6.10. The van der Waals surface area contributed by atoms with E-state index in [9.17, 15) is 0 Å². The van der Waals surface area contributed by atoms with Gasteiger partial charge in [0.25, 0.3) is 0 Å². The van der Waals surface area contributed by atoms with Gasteiger partial charge in [-0.15, -0.1) is 0 Å². The Morgan fingerprint density at radius 1 is 1.33 bits per heavy atom. The molecule has 0 fully saturated rings. The zero-order valence-corrected chi connectivity index (χ0v) is 5.78. The van der Waals surface area contributed by atoms with Crippen LogP contribution in [0, 0.1) is 0 Å². The predicted octanol–water partition coefficient (Wildman–Crippen LogP) is 2.50. The van der Waals surface area contributed by atoms with E-state index in [1.807, 2.05) is 0 Å². The van der Waals surface area contributed by atoms with Crippen molar-refractivity contribution in [2.75, 3.05) is 0 Å². The van der Waals surface area contributed by atoms with Crippen LogP contribution in [0.4, 0.5) is 0 Å². The van der Waals surface area contributed by atoms with Gasteiger partial charge < -0.3 is 0 Å². The van der Waals surface area contributed by atoms with Crippen LogP contribution in [0.3, 0.4) is 0 Å². The van der Waals surface area contributed by atoms with Crippen LogP contribution in [0.15, 0.2) is 10.0 Å². The minimum Gasteiger partial charge on any atom is -0.0904 e. The van der Waals surface area contributed by atoms with Gasteiger partial charge in [-0.2, -0.15) is 0 Å². The molecule has 6 heavy (non-hydrogen) atoms. The number of halogens is 3. The van der Waals surface area contributed by atoms with Crippen LogP contribution in [0.1, 0.15) is 0 Å². The van der Waals surface area contributed by atoms with E-state index in [1.54, 1.807) is 0 Å². The van der Waals surface area contributed by atoms with Crippen molar-refractivity contribution in [3.05, 3.63) is 10.0 Å². The molecule has 4 heteroatoms. The van der Waals surface area contributed by atoms with Crippen LogP contribution in [0.25, 0.3) is 0 Å². The Kier molecular flexibility index (Phi) is 10.3. The molecule has 0 bridgehead atoms. The summed E-state index contributed by atoms with van der Waals surface area (Å²) in [4.78, 5) is 0. The van der Waals surface area contributed by atoms with E-state index in [4.69, 9.17) is 34.8 Å². The molecule has 0 saturated carbocycles. The fourth-order valence-electron chi connectivity index (χ4n) is 0. The number of hydrogen-bond acceptors (Lipinski definition) is 0. The molecule has 40 valence electrons. The van der Waals surface area contributed by atoms with E-state index in [-0.39, 0.29) is 21.0 Å². The fourth-order valence-corrected chi connectivity index (χ4v) is 0. The molecule has 0 amide bonds. The SMILES string of the molecule is ClC=C(Cl)Cl.[Ni]. The van der Waals surface area contributed by atoms with Gasteiger partial charge in [0.05, 0.1) is 0 Å². The minimum absolute atomic E-state index is 0. The molecule has 0 nitrogen and oxygen atoms in total. The summed E-state index contributed by atoms with van der Waals surface area (Å²) in [6, 6.07) is 0. The minimum atomic E-state index is 0. The second-order valence-electron chi connectivity index (χ2n) is 0.399. The van der Waals surface area contributed by atoms with Crippen LogP contribution in [-0.4, -0.2) is 0 Å². The van der Waals surface area contributed by atoms with E-state index in [1.165, 1.54) is 0 Å². The zero-order chi connectivity index (χ0) is 4.28. The molecule has 0 aromatic heterocycles. The molecular weight excluding hydrogens is 189 g/mol. The van der Waals surface area contributed by atoms with Crippen molar-refractivity contribution in [3.63, 3.8) is 0 Å². The molecule has 0 spiro atoms. The Balaban J connectivity index is 0. The number of rotatable bonds is 0. The van der Waals surface area contributed by atoms with Gasteiger partial charge in [-0.25, -0.2) is 0 Å². The summed E-state index contributed by atoms with van der Waals surface area (Å²) in [6.45, 7) is 0. The van der Waals surface area contributed by atoms with Gasteiger partial charge in [-0.1, -0.05) is 34.8 Å². The molecule has 0 aliphatic rings. The van der Waals surface area contributed by atoms with Crippen molar-refractivity contribution >= 4 is 34.8 Å². The first kappa shape index (κ1) is 10.2. The van der Waals surface area contributed by atoms with Crippen molar-refractivity contribution < 1.29 is 16.5 Å². The summed E-state index contributed by atoms with van der Waals surface area (Å²) in [7, 11) is 0. The van der Waals surface area contributed by atoms with Crippen molar-refractivity contribution in [1.82, 2.24) is 0 Å². The van der Waals surface area contributed by atoms with Gasteiger partial charge in [0.1, 0.15) is 4.49 Å². The Bertz CT molecular complexity index is 46.8. The van der Waals surface area contributed by atoms with Crippen molar-refractivity contribution in [3.8, 4) is 0 Å². The standard InChI is InChI=1S/C2HCl3.Ni/c3-1-2(4)5;/h1H;. The predicted molar refractivity (Wildman–Crippen MR) is 25.6 cm³/mol. The molecule has 0 unspecified atom stereocenters. The monoisotopic (exact) mass is 188 g/mol. The van der Waals surface area contributed by atoms with Crippen molar-refractivity contribution in [1.29, 1.82) is 0 Å². The van der Waals surface area contributed by atoms with Gasteiger partial charge in [0.2, 0.25) is 0 Å². The van der Waals surface area contributed by atoms with Crippen molar-refractivity contribution in [2.45, 2.75) is 0 Å². The van der Waals surface area contributed by atoms with E-state index in [0.29, 0.717) is 0 Å². The molecule has 0 aromatic rings. The summed E-state index contributed by atoms with van der Waals surface area (Å²) >= 11 is 14.8. The van der Waals surface area contributed by atoms with Crippen LogP contribution in [-0.2, 0) is 16.5 Å². The molecule has 0 N–H and O–H groups in total. The molecule has 0 radical (unpaired) electrons. The topological polar surface area (TPSA) is 0 Å². The summed E-state index contributed by atoms with van der Waals surface area (Å²) < 4.78 is 0.0895. The van der Waals surface area contributed by atoms with Gasteiger partial charge in [-0.3, -0.25) is 0 Å². The third-order valence-corrected chi connectivity index (χ3v) is 0.742. The third kappa shape index (κ3) is 8.92. The van der Waals surface area contributed by atoms with E-state index >= 15 is 0 Å². The fraction of sp³-hybridized carbons (Fsp3) is 0. The summed E-state index contributed by atoms with van der Waals surface area (Å²) in [5.74, 6) is 0. The van der Waals surface area contributed by atoms with E-state index in [2.05, 4.69) is 0 Å². The zero-order valence-electron chi connectivity index (χ0n) is 2.53. The maximum Gasteiger partial charge on any atom is 0.118 e. The summed E-state index contributed by atoms with van der Waals surface area (Å²) in [5.41, 5.74) is 1.09. The molecular formula is C2HCl3Ni. The smallest absolute Gasteiger partial charge is 0.0904 e. The normalized spacial score (nSPS) is 5.83. The second-order valence-corrected chi connectivity index (χ2v) is 1.62. The van der Waals surface area contributed by atoms with Crippen LogP contribution in [0.2, 0.25) is 0 Å². The van der Waals surface area contributed by atoms with Crippen molar-refractivity contribution in [2.24, 2.45) is 0 Å². The summed E-state index contributed by atoms with van der Waals surface area (Å²) in [5, 5.41) is 0. The van der Waals surface area contributed by atoms with Gasteiger partial charge in [0, 0.05) is 22.0 Å². The van der Waals surface area contributed by atoms with Gasteiger partial charge in [0.15, 0.2) is 0 Å². The maximum atomic E-state index is 4.96. The molecule has 0 heterocycles. The Morgan fingerprint density at radius 3 is 1.50 bits per heavy atom. The van der Waals surface area contributed by atoms with Crippen LogP contribution < -0.4 is 0 Å². The molecule has 0 rings (SSSR count). The largest absolute Gasteiger partial charge is 0.118 e. The number of hydrogen-bond donors (Lipinski definition) is 0. The molecule has 0 atom stereocenters. The first-order chi connectivity index (χ1) is 2.27. The van der Waals surface area contributed by atoms with Crippen LogP contribution >= 0.6 is 34.8 Å². The Labute approximate surface area is 61.4 Å². The van der Waals surface area contributed by atoms with Gasteiger partial charge >= 0.3 is 0 Å². The van der Waals surface area contributed by atoms with Crippen LogP contribution in [0.5, 0.6) is 0 Å². The van der Waals surface area contributed by atoms with E-state index in [0.717, 1.165) is 5.54 Å². The molecule has 0 aliphatic heterocycles. The Morgan fingerprint density at radius 2 is 1.50 bits per heavy atom. The quantitative estimate of drug-likeness (QED) is 0.515. The van der Waals surface area contributed by atoms with E-state index < -0.39 is 0 Å². The van der Waals surface area contributed by atoms with Gasteiger partial charge in [-0.05, 0) is 0 Å². The average Bonchev–Trinajstić information content (AvgIpc) is 1.38.